The number of thiazole rings is 1. The Labute approximate surface area is 118 Å². The lowest BCUT2D eigenvalue weighted by Gasteiger charge is -2.00. The zero-order valence-electron chi connectivity index (χ0n) is 10.6. The molecule has 3 heterocycles. The van der Waals surface area contributed by atoms with E-state index in [0.717, 1.165) is 35.2 Å². The van der Waals surface area contributed by atoms with Gasteiger partial charge in [-0.3, -0.25) is 0 Å². The van der Waals surface area contributed by atoms with Crippen molar-refractivity contribution in [2.24, 2.45) is 0 Å². The minimum Gasteiger partial charge on any atom is -0.375 e. The molecule has 1 saturated heterocycles. The van der Waals surface area contributed by atoms with Gasteiger partial charge in [0, 0.05) is 12.2 Å². The molecular weight excluding hydrogens is 276 g/mol. The van der Waals surface area contributed by atoms with E-state index in [-0.39, 0.29) is 6.10 Å². The fraction of sp³-hybridized carbons (Fsp3) is 0.308. The second-order valence-corrected chi connectivity index (χ2v) is 5.76. The maximum atomic E-state index is 5.71. The Kier molecular flexibility index (Phi) is 2.68. The van der Waals surface area contributed by atoms with Crippen LogP contribution in [0.2, 0.25) is 0 Å². The molecule has 2 aromatic heterocycles. The summed E-state index contributed by atoms with van der Waals surface area (Å²) in [5.74, 6) is 1.13. The highest BCUT2D eigenvalue weighted by atomic mass is 32.1. The van der Waals surface area contributed by atoms with Crippen LogP contribution in [0.25, 0.3) is 21.7 Å². The number of ether oxygens (including phenoxy) is 1. The number of rotatable bonds is 2. The number of nitrogens with zero attached hydrogens (tertiary/aromatic N) is 3. The molecule has 1 atom stereocenters. The van der Waals surface area contributed by atoms with Gasteiger partial charge >= 0.3 is 0 Å². The summed E-state index contributed by atoms with van der Waals surface area (Å²) in [5, 5.41) is 4.57. The van der Waals surface area contributed by atoms with Crippen LogP contribution < -0.4 is 5.73 Å². The molecule has 20 heavy (non-hydrogen) atoms. The van der Waals surface area contributed by atoms with Crippen molar-refractivity contribution in [3.8, 4) is 11.5 Å². The molecule has 1 aliphatic rings. The molecule has 1 aromatic carbocycles. The van der Waals surface area contributed by atoms with Gasteiger partial charge in [0.2, 0.25) is 5.82 Å². The van der Waals surface area contributed by atoms with E-state index in [1.807, 2.05) is 18.2 Å². The largest absolute Gasteiger partial charge is 0.375 e. The van der Waals surface area contributed by atoms with E-state index in [2.05, 4.69) is 15.1 Å². The molecule has 3 aromatic rings. The van der Waals surface area contributed by atoms with Crippen LogP contribution in [0.1, 0.15) is 24.8 Å². The highest BCUT2D eigenvalue weighted by Gasteiger charge is 2.23. The molecule has 1 aliphatic heterocycles. The first-order chi connectivity index (χ1) is 9.79. The number of hydrogen-bond donors (Lipinski definition) is 1. The van der Waals surface area contributed by atoms with Gasteiger partial charge in [-0.05, 0) is 31.0 Å². The summed E-state index contributed by atoms with van der Waals surface area (Å²) < 4.78 is 11.9. The number of nitrogens with two attached hydrogens (primary N) is 1. The van der Waals surface area contributed by atoms with Gasteiger partial charge in [-0.2, -0.15) is 4.98 Å². The summed E-state index contributed by atoms with van der Waals surface area (Å²) >= 11 is 1.45. The van der Waals surface area contributed by atoms with Crippen LogP contribution in [0.4, 0.5) is 5.13 Å². The number of aromatic nitrogens is 3. The number of nitrogen functional groups attached to an aromatic ring is 1. The lowest BCUT2D eigenvalue weighted by Crippen LogP contribution is -1.97. The molecule has 1 unspecified atom stereocenters. The molecule has 6 nitrogen and oxygen atoms in total. The van der Waals surface area contributed by atoms with Gasteiger partial charge in [0.25, 0.3) is 5.89 Å². The number of benzene rings is 1. The lowest BCUT2D eigenvalue weighted by molar-refractivity contribution is 0.103. The first-order valence-corrected chi connectivity index (χ1v) is 7.23. The number of anilines is 1. The van der Waals surface area contributed by atoms with Gasteiger partial charge in [-0.1, -0.05) is 16.5 Å². The van der Waals surface area contributed by atoms with Crippen molar-refractivity contribution in [1.29, 1.82) is 0 Å². The molecular formula is C13H12N4O2S. The summed E-state index contributed by atoms with van der Waals surface area (Å²) in [4.78, 5) is 8.65. The molecule has 2 N–H and O–H groups in total. The first-order valence-electron chi connectivity index (χ1n) is 6.41. The summed E-state index contributed by atoms with van der Waals surface area (Å²) in [6.07, 6.45) is 1.96. The quantitative estimate of drug-likeness (QED) is 0.780. The standard InChI is InChI=1S/C13H12N4O2S/c14-13-15-8-4-3-7(6-10(8)20-13)12-16-11(17-19-12)9-2-1-5-18-9/h3-4,6,9H,1-2,5H2,(H2,14,15). The molecule has 0 radical (unpaired) electrons. The molecule has 0 aliphatic carbocycles. The van der Waals surface area contributed by atoms with Crippen molar-refractivity contribution < 1.29 is 9.26 Å². The van der Waals surface area contributed by atoms with Crippen LogP contribution in [0.15, 0.2) is 22.7 Å². The van der Waals surface area contributed by atoms with Crippen molar-refractivity contribution in [1.82, 2.24) is 15.1 Å². The zero-order valence-corrected chi connectivity index (χ0v) is 11.4. The van der Waals surface area contributed by atoms with E-state index in [0.29, 0.717) is 16.8 Å². The monoisotopic (exact) mass is 288 g/mol. The minimum absolute atomic E-state index is 0.0321. The van der Waals surface area contributed by atoms with Gasteiger partial charge in [-0.15, -0.1) is 0 Å². The Morgan fingerprint density at radius 2 is 2.25 bits per heavy atom. The van der Waals surface area contributed by atoms with Gasteiger partial charge < -0.3 is 15.0 Å². The molecule has 102 valence electrons. The van der Waals surface area contributed by atoms with Crippen LogP contribution >= 0.6 is 11.3 Å². The van der Waals surface area contributed by atoms with Crippen molar-refractivity contribution in [2.45, 2.75) is 18.9 Å². The molecule has 0 amide bonds. The number of hydrogen-bond acceptors (Lipinski definition) is 7. The Hall–Kier alpha value is -1.99. The van der Waals surface area contributed by atoms with Crippen molar-refractivity contribution in [3.63, 3.8) is 0 Å². The van der Waals surface area contributed by atoms with Crippen LogP contribution in [-0.2, 0) is 4.74 Å². The van der Waals surface area contributed by atoms with Crippen molar-refractivity contribution >= 4 is 26.7 Å². The fourth-order valence-electron chi connectivity index (χ4n) is 2.34. The molecule has 0 saturated carbocycles. The van der Waals surface area contributed by atoms with E-state index in [1.54, 1.807) is 0 Å². The maximum Gasteiger partial charge on any atom is 0.258 e. The fourth-order valence-corrected chi connectivity index (χ4v) is 3.11. The summed E-state index contributed by atoms with van der Waals surface area (Å²) in [6.45, 7) is 0.765. The lowest BCUT2D eigenvalue weighted by atomic mass is 10.2. The number of fused-ring (bicyclic) bond motifs is 1. The highest BCUT2D eigenvalue weighted by Crippen LogP contribution is 2.31. The third kappa shape index (κ3) is 1.95. The van der Waals surface area contributed by atoms with Crippen molar-refractivity contribution in [2.75, 3.05) is 12.3 Å². The molecule has 0 bridgehead atoms. The molecule has 1 fully saturated rings. The minimum atomic E-state index is -0.0321. The topological polar surface area (TPSA) is 87.1 Å². The second-order valence-electron chi connectivity index (χ2n) is 4.69. The van der Waals surface area contributed by atoms with E-state index >= 15 is 0 Å². The molecule has 4 rings (SSSR count). The molecule has 7 heteroatoms. The predicted octanol–water partition coefficient (Wildman–Crippen LogP) is 2.78. The summed E-state index contributed by atoms with van der Waals surface area (Å²) in [7, 11) is 0. The zero-order chi connectivity index (χ0) is 13.5. The van der Waals surface area contributed by atoms with E-state index in [9.17, 15) is 0 Å². The van der Waals surface area contributed by atoms with Crippen LogP contribution in [0, 0.1) is 0 Å². The Balaban J connectivity index is 1.71. The SMILES string of the molecule is Nc1nc2ccc(-c3nc(C4CCCO4)no3)cc2s1. The second kappa shape index (κ2) is 4.53. The average Bonchev–Trinajstić information content (AvgIpc) is 3.17. The van der Waals surface area contributed by atoms with Crippen molar-refractivity contribution in [3.05, 3.63) is 24.0 Å². The highest BCUT2D eigenvalue weighted by molar-refractivity contribution is 7.22. The first kappa shape index (κ1) is 11.8. The Morgan fingerprint density at radius 3 is 3.10 bits per heavy atom. The average molecular weight is 288 g/mol. The van der Waals surface area contributed by atoms with Gasteiger partial charge in [0.15, 0.2) is 5.13 Å². The third-order valence-electron chi connectivity index (χ3n) is 3.31. The third-order valence-corrected chi connectivity index (χ3v) is 4.16. The van der Waals surface area contributed by atoms with Gasteiger partial charge in [0.05, 0.1) is 10.2 Å². The molecule has 0 spiro atoms. The van der Waals surface area contributed by atoms with Gasteiger partial charge in [-0.25, -0.2) is 4.98 Å². The van der Waals surface area contributed by atoms with E-state index in [4.69, 9.17) is 15.0 Å². The van der Waals surface area contributed by atoms with Gasteiger partial charge in [0.1, 0.15) is 6.10 Å². The van der Waals surface area contributed by atoms with Crippen LogP contribution in [0.3, 0.4) is 0 Å². The van der Waals surface area contributed by atoms with E-state index < -0.39 is 0 Å². The summed E-state index contributed by atoms with van der Waals surface area (Å²) in [5.41, 5.74) is 7.46. The van der Waals surface area contributed by atoms with E-state index in [1.165, 1.54) is 11.3 Å². The summed E-state index contributed by atoms with van der Waals surface area (Å²) in [6, 6.07) is 5.79. The normalized spacial score (nSPS) is 18.9. The maximum absolute atomic E-state index is 5.71. The van der Waals surface area contributed by atoms with Crippen LogP contribution in [-0.4, -0.2) is 21.7 Å². The predicted molar refractivity (Wildman–Crippen MR) is 75.3 cm³/mol. The smallest absolute Gasteiger partial charge is 0.258 e. The Morgan fingerprint density at radius 1 is 1.30 bits per heavy atom. The van der Waals surface area contributed by atoms with Crippen LogP contribution in [0.5, 0.6) is 0 Å². The Bertz CT molecular complexity index is 761.